The molecule has 0 spiro atoms. The number of aryl methyl sites for hydroxylation is 1. The first kappa shape index (κ1) is 27.2. The van der Waals surface area contributed by atoms with Gasteiger partial charge < -0.3 is 14.6 Å². The van der Waals surface area contributed by atoms with Crippen LogP contribution < -0.4 is 9.04 Å². The minimum absolute atomic E-state index is 0.0352. The number of hydrogen-bond donors (Lipinski definition) is 1. The maximum Gasteiger partial charge on any atom is 0.427 e. The number of sulfonamides is 1. The molecule has 0 amide bonds. The van der Waals surface area contributed by atoms with Gasteiger partial charge in [-0.1, -0.05) is 6.07 Å². The topological polar surface area (TPSA) is 123 Å². The zero-order valence-electron chi connectivity index (χ0n) is 19.7. The van der Waals surface area contributed by atoms with Gasteiger partial charge in [0, 0.05) is 18.8 Å². The number of benzene rings is 1. The van der Waals surface area contributed by atoms with Crippen LogP contribution in [0.1, 0.15) is 37.8 Å². The Morgan fingerprint density at radius 2 is 1.92 bits per heavy atom. The number of rotatable bonds is 8. The van der Waals surface area contributed by atoms with E-state index in [4.69, 9.17) is 9.84 Å². The second kappa shape index (κ2) is 9.96. The normalized spacial score (nSPS) is 16.2. The van der Waals surface area contributed by atoms with Crippen LogP contribution in [0.5, 0.6) is 5.75 Å². The van der Waals surface area contributed by atoms with E-state index in [-0.39, 0.29) is 41.3 Å². The first-order valence-electron chi connectivity index (χ1n) is 10.8. The number of carbonyl (C=O) groups excluding carboxylic acids is 1. The van der Waals surface area contributed by atoms with Crippen LogP contribution in [0, 0.1) is 6.92 Å². The summed E-state index contributed by atoms with van der Waals surface area (Å²) < 4.78 is 77.7. The molecule has 1 atom stereocenters. The summed E-state index contributed by atoms with van der Waals surface area (Å²) in [5, 5.41) is 9.01. The van der Waals surface area contributed by atoms with E-state index in [0.29, 0.717) is 5.56 Å². The van der Waals surface area contributed by atoms with Crippen molar-refractivity contribution in [3.05, 3.63) is 47.8 Å². The Labute approximate surface area is 205 Å². The number of pyridine rings is 1. The van der Waals surface area contributed by atoms with E-state index in [1.807, 2.05) is 0 Å². The van der Waals surface area contributed by atoms with Gasteiger partial charge >= 0.3 is 18.1 Å². The predicted octanol–water partition coefficient (Wildman–Crippen LogP) is 3.64. The van der Waals surface area contributed by atoms with E-state index >= 15 is 0 Å². The Morgan fingerprint density at radius 3 is 2.53 bits per heavy atom. The fraction of sp³-hybridized carbons (Fsp3) is 0.435. The van der Waals surface area contributed by atoms with Crippen molar-refractivity contribution in [2.45, 2.75) is 62.8 Å². The van der Waals surface area contributed by atoms with Crippen molar-refractivity contribution in [1.82, 2.24) is 4.98 Å². The molecule has 0 saturated heterocycles. The smallest absolute Gasteiger partial charge is 0.427 e. The molecular weight excluding hydrogens is 505 g/mol. The zero-order chi connectivity index (χ0) is 26.9. The van der Waals surface area contributed by atoms with Crippen LogP contribution in [0.4, 0.5) is 18.9 Å². The van der Waals surface area contributed by atoms with Crippen molar-refractivity contribution in [2.24, 2.45) is 0 Å². The number of ether oxygens (including phenoxy) is 2. The fourth-order valence-corrected chi connectivity index (χ4v) is 5.02. The Morgan fingerprint density at radius 1 is 1.22 bits per heavy atom. The molecule has 1 aromatic carbocycles. The van der Waals surface area contributed by atoms with Gasteiger partial charge in [-0.3, -0.25) is 18.9 Å². The number of esters is 1. The molecule has 0 unspecified atom stereocenters. The molecule has 9 nitrogen and oxygen atoms in total. The molecule has 0 bridgehead atoms. The maximum absolute atomic E-state index is 13.5. The van der Waals surface area contributed by atoms with Crippen molar-refractivity contribution < 1.29 is 45.8 Å². The lowest BCUT2D eigenvalue weighted by Crippen LogP contribution is -2.44. The highest BCUT2D eigenvalue weighted by Gasteiger charge is 2.50. The summed E-state index contributed by atoms with van der Waals surface area (Å²) in [5.41, 5.74) is -1.85. The van der Waals surface area contributed by atoms with Crippen LogP contribution in [0.3, 0.4) is 0 Å². The number of carbonyl (C=O) groups is 2. The third-order valence-electron chi connectivity index (χ3n) is 5.47. The minimum Gasteiger partial charge on any atom is -0.486 e. The molecule has 2 heterocycles. The Hall–Kier alpha value is -3.35. The molecule has 0 fully saturated rings. The summed E-state index contributed by atoms with van der Waals surface area (Å²) in [6, 6.07) is 5.53. The van der Waals surface area contributed by atoms with Crippen molar-refractivity contribution in [3.8, 4) is 5.75 Å². The van der Waals surface area contributed by atoms with Crippen molar-refractivity contribution in [2.75, 3.05) is 10.8 Å². The van der Waals surface area contributed by atoms with Gasteiger partial charge in [0.2, 0.25) is 5.60 Å². The van der Waals surface area contributed by atoms with Gasteiger partial charge in [-0.15, -0.1) is 0 Å². The maximum atomic E-state index is 13.5. The van der Waals surface area contributed by atoms with Gasteiger partial charge in [0.25, 0.3) is 10.0 Å². The summed E-state index contributed by atoms with van der Waals surface area (Å²) in [6.07, 6.45) is -3.66. The average Bonchev–Trinajstić information content (AvgIpc) is 2.76. The lowest BCUT2D eigenvalue weighted by atomic mass is 10.1. The number of halogens is 3. The minimum atomic E-state index is -4.77. The van der Waals surface area contributed by atoms with Crippen molar-refractivity contribution >= 4 is 27.6 Å². The number of alkyl halides is 3. The summed E-state index contributed by atoms with van der Waals surface area (Å²) in [4.78, 5) is 27.1. The Kier molecular flexibility index (Phi) is 7.53. The van der Waals surface area contributed by atoms with Crippen LogP contribution in [-0.2, 0) is 30.8 Å². The number of fused-ring (bicyclic) bond motifs is 1. The second-order valence-electron chi connectivity index (χ2n) is 8.87. The number of aliphatic carboxylic acids is 1. The van der Waals surface area contributed by atoms with Gasteiger partial charge in [-0.25, -0.2) is 8.42 Å². The van der Waals surface area contributed by atoms with Crippen molar-refractivity contribution in [3.63, 3.8) is 0 Å². The average molecular weight is 531 g/mol. The second-order valence-corrected chi connectivity index (χ2v) is 10.7. The highest BCUT2D eigenvalue weighted by atomic mass is 32.2. The number of carboxylic acids is 1. The molecule has 1 aliphatic rings. The highest BCUT2D eigenvalue weighted by molar-refractivity contribution is 7.92. The van der Waals surface area contributed by atoms with Crippen LogP contribution in [0.2, 0.25) is 0 Å². The summed E-state index contributed by atoms with van der Waals surface area (Å²) in [6.45, 7) is 2.91. The number of anilines is 1. The van der Waals surface area contributed by atoms with Gasteiger partial charge in [-0.05, 0) is 56.5 Å². The lowest BCUT2D eigenvalue weighted by molar-refractivity contribution is -0.257. The monoisotopic (exact) mass is 530 g/mol. The quantitative estimate of drug-likeness (QED) is 0.514. The molecule has 3 rings (SSSR count). The Bertz CT molecular complexity index is 1260. The van der Waals surface area contributed by atoms with Crippen LogP contribution in [0.15, 0.2) is 41.6 Å². The molecule has 0 saturated carbocycles. The van der Waals surface area contributed by atoms with Crippen LogP contribution in [0.25, 0.3) is 0 Å². The van der Waals surface area contributed by atoms with Crippen LogP contribution >= 0.6 is 0 Å². The van der Waals surface area contributed by atoms with Gasteiger partial charge in [0.05, 0.1) is 18.7 Å². The van der Waals surface area contributed by atoms with E-state index in [1.165, 1.54) is 36.7 Å². The van der Waals surface area contributed by atoms with E-state index < -0.39 is 46.3 Å². The number of aromatic nitrogens is 1. The van der Waals surface area contributed by atoms with Crippen molar-refractivity contribution in [1.29, 1.82) is 0 Å². The summed E-state index contributed by atoms with van der Waals surface area (Å²) in [5.74, 6) is -2.10. The first-order chi connectivity index (χ1) is 16.6. The Balaban J connectivity index is 1.96. The van der Waals surface area contributed by atoms with Gasteiger partial charge in [-0.2, -0.15) is 13.2 Å². The van der Waals surface area contributed by atoms with E-state index in [0.717, 1.165) is 18.2 Å². The predicted molar refractivity (Wildman–Crippen MR) is 121 cm³/mol. The summed E-state index contributed by atoms with van der Waals surface area (Å²) >= 11 is 0. The largest absolute Gasteiger partial charge is 0.486 e. The van der Waals surface area contributed by atoms with E-state index in [9.17, 15) is 31.2 Å². The number of hydrogen-bond acceptors (Lipinski definition) is 7. The number of nitrogens with zero attached hydrogens (tertiary/aromatic N) is 2. The molecule has 2 aromatic rings. The number of carboxylic acid groups (broad SMARTS) is 1. The summed E-state index contributed by atoms with van der Waals surface area (Å²) in [7, 11) is -4.18. The molecule has 36 heavy (non-hydrogen) atoms. The highest BCUT2D eigenvalue weighted by Crippen LogP contribution is 2.39. The van der Waals surface area contributed by atoms with Gasteiger partial charge in [0.15, 0.2) is 0 Å². The van der Waals surface area contributed by atoms with E-state index in [2.05, 4.69) is 9.72 Å². The molecule has 13 heteroatoms. The third-order valence-corrected chi connectivity index (χ3v) is 7.22. The third kappa shape index (κ3) is 6.07. The molecule has 1 aromatic heterocycles. The molecule has 196 valence electrons. The van der Waals surface area contributed by atoms with Crippen LogP contribution in [-0.4, -0.2) is 54.9 Å². The molecule has 1 aliphatic heterocycles. The van der Waals surface area contributed by atoms with Gasteiger partial charge in [0.1, 0.15) is 16.7 Å². The molecule has 1 N–H and O–H groups in total. The standard InChI is InChI=1S/C23H25F3N2O7S/c1-14-8-17(12-27-11-14)36(32,33)28-13-16(5-7-20(29)30)34-19-6-4-15(9-18(19)28)10-21(31)35-22(2,3)23(24,25)26/h4,6,8-9,11-12,16H,5,7,10,13H2,1-3H3,(H,29,30)/t16-/m0/s1. The SMILES string of the molecule is Cc1cncc(S(=O)(=O)N2C[C@H](CCC(=O)O)Oc3ccc(CC(=O)OC(C)(C)C(F)(F)F)cc32)c1. The zero-order valence-corrected chi connectivity index (χ0v) is 20.5. The fourth-order valence-electron chi connectivity index (χ4n) is 3.47. The lowest BCUT2D eigenvalue weighted by Gasteiger charge is -2.35. The molecule has 0 radical (unpaired) electrons. The molecule has 0 aliphatic carbocycles. The first-order valence-corrected chi connectivity index (χ1v) is 12.3. The van der Waals surface area contributed by atoms with E-state index in [1.54, 1.807) is 6.92 Å². The molecular formula is C23H25F3N2O7S.